The number of aromatic nitrogens is 2. The van der Waals surface area contributed by atoms with Crippen LogP contribution in [-0.2, 0) is 27.3 Å². The molecule has 26 heavy (non-hydrogen) atoms. The fourth-order valence-electron chi connectivity index (χ4n) is 3.11. The summed E-state index contributed by atoms with van der Waals surface area (Å²) < 4.78 is 5.59. The molecule has 0 bridgehead atoms. The number of aromatic amines is 1. The summed E-state index contributed by atoms with van der Waals surface area (Å²) in [5, 5.41) is 10.1. The summed E-state index contributed by atoms with van der Waals surface area (Å²) >= 11 is 0. The Hall–Kier alpha value is -2.67. The van der Waals surface area contributed by atoms with Crippen molar-refractivity contribution in [2.75, 3.05) is 13.7 Å². The first kappa shape index (κ1) is 18.1. The van der Waals surface area contributed by atoms with E-state index in [0.717, 1.165) is 29.8 Å². The highest BCUT2D eigenvalue weighted by molar-refractivity contribution is 5.86. The van der Waals surface area contributed by atoms with E-state index in [9.17, 15) is 9.59 Å². The molecule has 2 aromatic rings. The van der Waals surface area contributed by atoms with E-state index in [1.54, 1.807) is 11.9 Å². The quantitative estimate of drug-likeness (QED) is 0.823. The van der Waals surface area contributed by atoms with E-state index < -0.39 is 12.1 Å². The van der Waals surface area contributed by atoms with Gasteiger partial charge in [0.05, 0.1) is 24.0 Å². The third-order valence-electron chi connectivity index (χ3n) is 4.39. The number of aryl methyl sites for hydroxylation is 1. The number of carbonyl (C=O) groups is 2. The Balaban J connectivity index is 1.72. The third-order valence-corrected chi connectivity index (χ3v) is 4.39. The number of carbonyl (C=O) groups excluding carboxylic acids is 2. The maximum Gasteiger partial charge on any atom is 0.254 e. The van der Waals surface area contributed by atoms with E-state index in [1.807, 2.05) is 36.4 Å². The highest BCUT2D eigenvalue weighted by Gasteiger charge is 2.37. The van der Waals surface area contributed by atoms with Crippen LogP contribution in [0.15, 0.2) is 36.4 Å². The Kier molecular flexibility index (Phi) is 5.68. The Morgan fingerprint density at radius 3 is 2.85 bits per heavy atom. The van der Waals surface area contributed by atoms with Crippen molar-refractivity contribution in [2.45, 2.75) is 38.5 Å². The highest BCUT2D eigenvalue weighted by atomic mass is 16.5. The van der Waals surface area contributed by atoms with Gasteiger partial charge in [0.25, 0.3) is 5.91 Å². The van der Waals surface area contributed by atoms with Crippen molar-refractivity contribution in [3.63, 3.8) is 0 Å². The number of hydrogen-bond donors (Lipinski definition) is 2. The molecule has 1 aromatic heterocycles. The van der Waals surface area contributed by atoms with Crippen molar-refractivity contribution in [1.29, 1.82) is 0 Å². The molecular weight excluding hydrogens is 332 g/mol. The van der Waals surface area contributed by atoms with Crippen molar-refractivity contribution in [2.24, 2.45) is 0 Å². The van der Waals surface area contributed by atoms with Crippen LogP contribution in [0.25, 0.3) is 0 Å². The molecule has 1 saturated heterocycles. The van der Waals surface area contributed by atoms with Crippen LogP contribution in [0.4, 0.5) is 0 Å². The SMILES string of the molecule is CCCc1cc(CN(C)C(=O)[C@H]2OCC(=O)N[C@@H]2c2ccccc2)[nH]n1. The van der Waals surface area contributed by atoms with Crippen molar-refractivity contribution in [1.82, 2.24) is 20.4 Å². The first-order valence-corrected chi connectivity index (χ1v) is 8.82. The van der Waals surface area contributed by atoms with E-state index in [-0.39, 0.29) is 18.4 Å². The molecule has 1 aromatic carbocycles. The zero-order chi connectivity index (χ0) is 18.5. The first-order valence-electron chi connectivity index (χ1n) is 8.82. The fraction of sp³-hybridized carbons (Fsp3) is 0.421. The molecule has 2 amide bonds. The highest BCUT2D eigenvalue weighted by Crippen LogP contribution is 2.24. The van der Waals surface area contributed by atoms with Gasteiger partial charge in [-0.25, -0.2) is 0 Å². The van der Waals surface area contributed by atoms with Gasteiger partial charge in [-0.3, -0.25) is 14.7 Å². The minimum atomic E-state index is -0.752. The molecule has 3 rings (SSSR count). The van der Waals surface area contributed by atoms with Crippen molar-refractivity contribution < 1.29 is 14.3 Å². The van der Waals surface area contributed by atoms with Crippen molar-refractivity contribution >= 4 is 11.8 Å². The number of H-pyrrole nitrogens is 1. The normalized spacial score (nSPS) is 19.8. The second kappa shape index (κ2) is 8.14. The summed E-state index contributed by atoms with van der Waals surface area (Å²) in [7, 11) is 1.73. The Morgan fingerprint density at radius 1 is 1.35 bits per heavy atom. The second-order valence-electron chi connectivity index (χ2n) is 6.52. The van der Waals surface area contributed by atoms with Gasteiger partial charge in [-0.15, -0.1) is 0 Å². The summed E-state index contributed by atoms with van der Waals surface area (Å²) in [6.45, 7) is 2.39. The average Bonchev–Trinajstić information content (AvgIpc) is 3.09. The lowest BCUT2D eigenvalue weighted by atomic mass is 9.99. The molecule has 0 spiro atoms. The van der Waals surface area contributed by atoms with E-state index in [1.165, 1.54) is 0 Å². The number of nitrogens with zero attached hydrogens (tertiary/aromatic N) is 2. The number of amides is 2. The van der Waals surface area contributed by atoms with Gasteiger partial charge in [0.15, 0.2) is 6.10 Å². The predicted molar refractivity (Wildman–Crippen MR) is 96.1 cm³/mol. The Labute approximate surface area is 152 Å². The largest absolute Gasteiger partial charge is 0.356 e. The van der Waals surface area contributed by atoms with Crippen LogP contribution in [0, 0.1) is 0 Å². The van der Waals surface area contributed by atoms with Gasteiger partial charge in [-0.1, -0.05) is 43.7 Å². The van der Waals surface area contributed by atoms with Crippen LogP contribution < -0.4 is 5.32 Å². The topological polar surface area (TPSA) is 87.3 Å². The second-order valence-corrected chi connectivity index (χ2v) is 6.52. The summed E-state index contributed by atoms with van der Waals surface area (Å²) in [6.07, 6.45) is 1.17. The monoisotopic (exact) mass is 356 g/mol. The average molecular weight is 356 g/mol. The molecule has 1 fully saturated rings. The number of likely N-dealkylation sites (N-methyl/N-ethyl adjacent to an activating group) is 1. The summed E-state index contributed by atoms with van der Waals surface area (Å²) in [5.74, 6) is -0.395. The molecule has 0 radical (unpaired) electrons. The molecule has 138 valence electrons. The van der Waals surface area contributed by atoms with Crippen LogP contribution in [0.3, 0.4) is 0 Å². The lowest BCUT2D eigenvalue weighted by molar-refractivity contribution is -0.154. The van der Waals surface area contributed by atoms with Gasteiger partial charge in [0.1, 0.15) is 6.61 Å². The van der Waals surface area contributed by atoms with Crippen LogP contribution in [0.1, 0.15) is 36.3 Å². The minimum Gasteiger partial charge on any atom is -0.356 e. The first-order chi connectivity index (χ1) is 12.6. The van der Waals surface area contributed by atoms with Gasteiger partial charge < -0.3 is 15.0 Å². The minimum absolute atomic E-state index is 0.113. The summed E-state index contributed by atoms with van der Waals surface area (Å²) in [6, 6.07) is 10.9. The van der Waals surface area contributed by atoms with Gasteiger partial charge in [-0.05, 0) is 18.1 Å². The van der Waals surface area contributed by atoms with Crippen LogP contribution in [-0.4, -0.2) is 46.7 Å². The summed E-state index contributed by atoms with van der Waals surface area (Å²) in [5.41, 5.74) is 2.71. The van der Waals surface area contributed by atoms with Gasteiger partial charge in [0.2, 0.25) is 5.91 Å². The number of nitrogens with one attached hydrogen (secondary N) is 2. The van der Waals surface area contributed by atoms with Gasteiger partial charge in [-0.2, -0.15) is 5.10 Å². The number of ether oxygens (including phenoxy) is 1. The number of rotatable bonds is 6. The molecule has 1 aliphatic heterocycles. The maximum absolute atomic E-state index is 12.9. The lowest BCUT2D eigenvalue weighted by Gasteiger charge is -2.34. The van der Waals surface area contributed by atoms with Crippen LogP contribution in [0.5, 0.6) is 0 Å². The number of morpholine rings is 1. The van der Waals surface area contributed by atoms with Crippen LogP contribution >= 0.6 is 0 Å². The Bertz CT molecular complexity index is 759. The molecule has 2 heterocycles. The number of hydrogen-bond acceptors (Lipinski definition) is 4. The zero-order valence-electron chi connectivity index (χ0n) is 15.1. The van der Waals surface area contributed by atoms with E-state index >= 15 is 0 Å². The van der Waals surface area contributed by atoms with Crippen molar-refractivity contribution in [3.8, 4) is 0 Å². The molecular formula is C19H24N4O3. The molecule has 1 aliphatic rings. The smallest absolute Gasteiger partial charge is 0.254 e. The zero-order valence-corrected chi connectivity index (χ0v) is 15.1. The Morgan fingerprint density at radius 2 is 2.12 bits per heavy atom. The van der Waals surface area contributed by atoms with Crippen molar-refractivity contribution in [3.05, 3.63) is 53.3 Å². The molecule has 0 aliphatic carbocycles. The molecule has 7 heteroatoms. The third kappa shape index (κ3) is 4.11. The maximum atomic E-state index is 12.9. The van der Waals surface area contributed by atoms with E-state index in [2.05, 4.69) is 22.4 Å². The fourth-order valence-corrected chi connectivity index (χ4v) is 3.11. The summed E-state index contributed by atoms with van der Waals surface area (Å²) in [4.78, 5) is 26.3. The van der Waals surface area contributed by atoms with E-state index in [0.29, 0.717) is 6.54 Å². The van der Waals surface area contributed by atoms with Crippen LogP contribution in [0.2, 0.25) is 0 Å². The lowest BCUT2D eigenvalue weighted by Crippen LogP contribution is -2.52. The molecule has 0 unspecified atom stereocenters. The molecule has 0 saturated carbocycles. The predicted octanol–water partition coefficient (Wildman–Crippen LogP) is 1.58. The molecule has 2 atom stereocenters. The number of benzene rings is 1. The molecule has 2 N–H and O–H groups in total. The van der Waals surface area contributed by atoms with Gasteiger partial charge in [0, 0.05) is 7.05 Å². The standard InChI is InChI=1S/C19H24N4O3/c1-3-7-14-10-15(22-21-14)11-23(2)19(25)18-17(20-16(24)12-26-18)13-8-5-4-6-9-13/h4-6,8-10,17-18H,3,7,11-12H2,1-2H3,(H,20,24)(H,21,22)/t17-,18+/m1/s1. The van der Waals surface area contributed by atoms with Gasteiger partial charge >= 0.3 is 0 Å². The van der Waals surface area contributed by atoms with E-state index in [4.69, 9.17) is 4.74 Å². The molecule has 7 nitrogen and oxygen atoms in total.